The van der Waals surface area contributed by atoms with E-state index >= 15 is 0 Å². The maximum absolute atomic E-state index is 10.9. The summed E-state index contributed by atoms with van der Waals surface area (Å²) in [5, 5.41) is 6.20. The largest absolute Gasteiger partial charge is 0.480 e. The molecule has 0 saturated carbocycles. The zero-order valence-corrected chi connectivity index (χ0v) is 10.9. The molecule has 0 spiro atoms. The highest BCUT2D eigenvalue weighted by Crippen LogP contribution is 2.22. The van der Waals surface area contributed by atoms with E-state index < -0.39 is 0 Å². The number of rotatable bonds is 6. The van der Waals surface area contributed by atoms with Gasteiger partial charge in [-0.3, -0.25) is 4.98 Å². The zero-order chi connectivity index (χ0) is 12.8. The number of thioether (sulfide) groups is 1. The third-order valence-electron chi connectivity index (χ3n) is 2.30. The minimum Gasteiger partial charge on any atom is -0.480 e. The Morgan fingerprint density at radius 1 is 1.39 bits per heavy atom. The molecule has 2 N–H and O–H groups in total. The van der Waals surface area contributed by atoms with Crippen molar-refractivity contribution >= 4 is 11.8 Å². The highest BCUT2D eigenvalue weighted by atomic mass is 32.2. The van der Waals surface area contributed by atoms with Gasteiger partial charge in [0.15, 0.2) is 0 Å². The van der Waals surface area contributed by atoms with Crippen LogP contribution in [-0.4, -0.2) is 20.6 Å². The van der Waals surface area contributed by atoms with E-state index in [1.807, 2.05) is 30.3 Å². The van der Waals surface area contributed by atoms with Gasteiger partial charge in [0.2, 0.25) is 0 Å². The highest BCUT2D eigenvalue weighted by molar-refractivity contribution is 7.99. The van der Waals surface area contributed by atoms with Gasteiger partial charge in [-0.2, -0.15) is 5.10 Å². The molecular formula is C12H15N3O2S. The van der Waals surface area contributed by atoms with Crippen LogP contribution in [0.15, 0.2) is 35.1 Å². The predicted octanol–water partition coefficient (Wildman–Crippen LogP) is 2.15. The Balaban J connectivity index is 1.88. The monoisotopic (exact) mass is 265 g/mol. The summed E-state index contributed by atoms with van der Waals surface area (Å²) in [6, 6.07) is 9.70. The number of nitrogens with one attached hydrogen (secondary N) is 2. The van der Waals surface area contributed by atoms with E-state index in [-0.39, 0.29) is 11.1 Å². The fraction of sp³-hybridized carbons (Fsp3) is 0.333. The Labute approximate surface area is 109 Å². The molecule has 0 aliphatic heterocycles. The number of para-hydroxylation sites is 1. The average Bonchev–Trinajstić information content (AvgIpc) is 2.81. The van der Waals surface area contributed by atoms with E-state index in [1.54, 1.807) is 11.8 Å². The fourth-order valence-electron chi connectivity index (χ4n) is 1.43. The van der Waals surface area contributed by atoms with Crippen molar-refractivity contribution in [1.82, 2.24) is 15.2 Å². The number of benzene rings is 1. The lowest BCUT2D eigenvalue weighted by Crippen LogP contribution is -2.11. The van der Waals surface area contributed by atoms with E-state index in [0.29, 0.717) is 11.6 Å². The molecule has 0 aliphatic carbocycles. The molecule has 2 aromatic rings. The quantitative estimate of drug-likeness (QED) is 0.785. The first kappa shape index (κ1) is 12.8. The molecule has 0 bridgehead atoms. The lowest BCUT2D eigenvalue weighted by molar-refractivity contribution is 0.283. The van der Waals surface area contributed by atoms with Crippen LogP contribution in [0.1, 0.15) is 19.2 Å². The minimum absolute atomic E-state index is 0.0487. The van der Waals surface area contributed by atoms with E-state index in [2.05, 4.69) is 22.1 Å². The number of hydrogen-bond donors (Lipinski definition) is 2. The molecule has 2 rings (SSSR count). The fourth-order valence-corrected chi connectivity index (χ4v) is 2.33. The molecule has 0 radical (unpaired) electrons. The van der Waals surface area contributed by atoms with Crippen LogP contribution in [0.25, 0.3) is 0 Å². The van der Waals surface area contributed by atoms with Crippen molar-refractivity contribution in [3.63, 3.8) is 0 Å². The van der Waals surface area contributed by atoms with Gasteiger partial charge in [0.05, 0.1) is 5.75 Å². The molecule has 0 saturated heterocycles. The molecule has 18 heavy (non-hydrogen) atoms. The van der Waals surface area contributed by atoms with Crippen molar-refractivity contribution in [2.24, 2.45) is 0 Å². The summed E-state index contributed by atoms with van der Waals surface area (Å²) in [6.07, 6.45) is 0.883. The van der Waals surface area contributed by atoms with E-state index in [9.17, 15) is 4.79 Å². The van der Waals surface area contributed by atoms with Crippen LogP contribution in [0.4, 0.5) is 0 Å². The molecule has 0 fully saturated rings. The van der Waals surface area contributed by atoms with E-state index in [1.165, 1.54) is 0 Å². The summed E-state index contributed by atoms with van der Waals surface area (Å²) in [5.41, 5.74) is -0.227. The Hall–Kier alpha value is -1.69. The van der Waals surface area contributed by atoms with Crippen molar-refractivity contribution in [3.05, 3.63) is 46.6 Å². The van der Waals surface area contributed by atoms with Crippen molar-refractivity contribution < 1.29 is 4.74 Å². The van der Waals surface area contributed by atoms with Gasteiger partial charge < -0.3 is 4.74 Å². The summed E-state index contributed by atoms with van der Waals surface area (Å²) in [6.45, 7) is 2.06. The molecule has 1 unspecified atom stereocenters. The zero-order valence-electron chi connectivity index (χ0n) is 10.1. The van der Waals surface area contributed by atoms with Gasteiger partial charge >= 0.3 is 5.69 Å². The van der Waals surface area contributed by atoms with Gasteiger partial charge in [-0.1, -0.05) is 25.1 Å². The maximum Gasteiger partial charge on any atom is 0.340 e. The first-order chi connectivity index (χ1) is 8.78. The van der Waals surface area contributed by atoms with Crippen molar-refractivity contribution in [1.29, 1.82) is 0 Å². The Bertz CT molecular complexity index is 523. The Morgan fingerprint density at radius 3 is 2.78 bits per heavy atom. The maximum atomic E-state index is 10.9. The first-order valence-corrected chi connectivity index (χ1v) is 6.79. The number of hydrogen-bond acceptors (Lipinski definition) is 4. The second kappa shape index (κ2) is 6.30. The minimum atomic E-state index is -0.275. The van der Waals surface area contributed by atoms with Crippen LogP contribution in [-0.2, 0) is 5.75 Å². The molecule has 1 heterocycles. The predicted molar refractivity (Wildman–Crippen MR) is 71.7 cm³/mol. The molecule has 0 amide bonds. The highest BCUT2D eigenvalue weighted by Gasteiger charge is 2.10. The summed E-state index contributed by atoms with van der Waals surface area (Å²) >= 11 is 1.61. The Morgan fingerprint density at radius 2 is 2.17 bits per heavy atom. The van der Waals surface area contributed by atoms with Gasteiger partial charge in [-0.15, -0.1) is 11.8 Å². The number of nitrogens with zero attached hydrogens (tertiary/aromatic N) is 1. The SMILES string of the molecule is CCC(Oc1ccccc1)SCc1n[nH]c(=O)[nH]1. The average molecular weight is 265 g/mol. The topological polar surface area (TPSA) is 70.8 Å². The van der Waals surface area contributed by atoms with Crippen molar-refractivity contribution in [3.8, 4) is 5.75 Å². The summed E-state index contributed by atoms with van der Waals surface area (Å²) in [7, 11) is 0. The first-order valence-electron chi connectivity index (χ1n) is 5.75. The normalized spacial score (nSPS) is 12.3. The van der Waals surface area contributed by atoms with Crippen LogP contribution < -0.4 is 10.4 Å². The van der Waals surface area contributed by atoms with Crippen LogP contribution in [0.2, 0.25) is 0 Å². The van der Waals surface area contributed by atoms with E-state index in [4.69, 9.17) is 4.74 Å². The second-order valence-corrected chi connectivity index (χ2v) is 4.85. The van der Waals surface area contributed by atoms with Gasteiger partial charge in [-0.25, -0.2) is 9.89 Å². The molecular weight excluding hydrogens is 250 g/mol. The number of ether oxygens (including phenoxy) is 1. The van der Waals surface area contributed by atoms with Gasteiger partial charge in [-0.05, 0) is 18.6 Å². The van der Waals surface area contributed by atoms with Crippen LogP contribution in [0.3, 0.4) is 0 Å². The lowest BCUT2D eigenvalue weighted by atomic mass is 10.3. The lowest BCUT2D eigenvalue weighted by Gasteiger charge is -2.16. The molecule has 5 nitrogen and oxygen atoms in total. The summed E-state index contributed by atoms with van der Waals surface area (Å²) in [4.78, 5) is 13.5. The van der Waals surface area contributed by atoms with Crippen LogP contribution in [0.5, 0.6) is 5.75 Å². The molecule has 0 aliphatic rings. The molecule has 1 aromatic carbocycles. The number of H-pyrrole nitrogens is 2. The molecule has 1 atom stereocenters. The van der Waals surface area contributed by atoms with Gasteiger partial charge in [0, 0.05) is 0 Å². The second-order valence-electron chi connectivity index (χ2n) is 3.70. The van der Waals surface area contributed by atoms with Gasteiger partial charge in [0.25, 0.3) is 0 Å². The smallest absolute Gasteiger partial charge is 0.340 e. The third-order valence-corrected chi connectivity index (χ3v) is 3.54. The van der Waals surface area contributed by atoms with Gasteiger partial charge in [0.1, 0.15) is 17.0 Å². The molecule has 6 heteroatoms. The number of aromatic nitrogens is 3. The molecule has 96 valence electrons. The van der Waals surface area contributed by atoms with Crippen LogP contribution in [0, 0.1) is 0 Å². The van der Waals surface area contributed by atoms with Crippen LogP contribution >= 0.6 is 11.8 Å². The standard InChI is InChI=1S/C12H15N3O2S/c1-2-11(17-9-6-4-3-5-7-9)18-8-10-13-12(16)15-14-10/h3-7,11H,2,8H2,1H3,(H2,13,14,15,16). The summed E-state index contributed by atoms with van der Waals surface area (Å²) in [5.74, 6) is 2.11. The molecule has 1 aromatic heterocycles. The van der Waals surface area contributed by atoms with Crippen molar-refractivity contribution in [2.75, 3.05) is 0 Å². The summed E-state index contributed by atoms with van der Waals surface area (Å²) < 4.78 is 5.83. The number of aromatic amines is 2. The Kier molecular flexibility index (Phi) is 4.46. The van der Waals surface area contributed by atoms with Crippen molar-refractivity contribution in [2.45, 2.75) is 24.5 Å². The third kappa shape index (κ3) is 3.66. The van der Waals surface area contributed by atoms with E-state index in [0.717, 1.165) is 12.2 Å².